The molecule has 20 heavy (non-hydrogen) atoms. The topological polar surface area (TPSA) is 76.8 Å². The molecule has 3 heterocycles. The van der Waals surface area contributed by atoms with Gasteiger partial charge in [0, 0.05) is 13.1 Å². The molecule has 106 valence electrons. The summed E-state index contributed by atoms with van der Waals surface area (Å²) in [6.07, 6.45) is 5.98. The van der Waals surface area contributed by atoms with Crippen molar-refractivity contribution >= 4 is 17.4 Å². The number of likely N-dealkylation sites (tertiary alicyclic amines) is 1. The number of amides is 1. The van der Waals surface area contributed by atoms with Crippen LogP contribution >= 0.6 is 11.5 Å². The highest BCUT2D eigenvalue weighted by atomic mass is 32.1. The number of nitrogens with zero attached hydrogens (tertiary/aromatic N) is 6. The molecule has 2 aromatic heterocycles. The van der Waals surface area contributed by atoms with Crippen LogP contribution in [0.15, 0.2) is 12.7 Å². The fourth-order valence-corrected chi connectivity index (χ4v) is 3.23. The molecular formula is C12H16N6OS. The summed E-state index contributed by atoms with van der Waals surface area (Å²) in [6.45, 7) is 3.44. The zero-order valence-corrected chi connectivity index (χ0v) is 12.1. The van der Waals surface area contributed by atoms with E-state index in [1.54, 1.807) is 6.33 Å². The van der Waals surface area contributed by atoms with Crippen LogP contribution in [0.2, 0.25) is 0 Å². The van der Waals surface area contributed by atoms with Crippen LogP contribution in [0, 0.1) is 0 Å². The van der Waals surface area contributed by atoms with Gasteiger partial charge in [0.15, 0.2) is 0 Å². The molecule has 1 aliphatic rings. The van der Waals surface area contributed by atoms with E-state index in [1.807, 2.05) is 16.5 Å². The molecule has 0 N–H and O–H groups in total. The first kappa shape index (κ1) is 13.2. The molecule has 1 atom stereocenters. The second-order valence-electron chi connectivity index (χ2n) is 4.83. The van der Waals surface area contributed by atoms with Gasteiger partial charge in [-0.25, -0.2) is 9.67 Å². The van der Waals surface area contributed by atoms with Crippen molar-refractivity contribution in [2.75, 3.05) is 13.1 Å². The highest BCUT2D eigenvalue weighted by Gasteiger charge is 2.28. The number of rotatable bonds is 3. The van der Waals surface area contributed by atoms with E-state index in [0.29, 0.717) is 11.4 Å². The number of aromatic nitrogens is 5. The predicted molar refractivity (Wildman–Crippen MR) is 73.5 cm³/mol. The van der Waals surface area contributed by atoms with E-state index in [4.69, 9.17) is 0 Å². The third-order valence-electron chi connectivity index (χ3n) is 3.58. The van der Waals surface area contributed by atoms with Gasteiger partial charge in [0.05, 0.1) is 11.7 Å². The van der Waals surface area contributed by atoms with Gasteiger partial charge in [-0.05, 0) is 30.8 Å². The Morgan fingerprint density at radius 2 is 2.45 bits per heavy atom. The molecule has 2 aromatic rings. The van der Waals surface area contributed by atoms with Crippen molar-refractivity contribution in [1.29, 1.82) is 0 Å². The molecule has 0 aromatic carbocycles. The van der Waals surface area contributed by atoms with E-state index in [-0.39, 0.29) is 11.9 Å². The van der Waals surface area contributed by atoms with Gasteiger partial charge in [-0.3, -0.25) is 4.79 Å². The van der Waals surface area contributed by atoms with Crippen molar-refractivity contribution in [3.8, 4) is 0 Å². The smallest absolute Gasteiger partial charge is 0.267 e. The average Bonchev–Trinajstić information content (AvgIpc) is 3.17. The molecular weight excluding hydrogens is 276 g/mol. The molecule has 1 fully saturated rings. The lowest BCUT2D eigenvalue weighted by atomic mass is 10.1. The van der Waals surface area contributed by atoms with Gasteiger partial charge in [0.25, 0.3) is 5.91 Å². The van der Waals surface area contributed by atoms with E-state index < -0.39 is 0 Å². The average molecular weight is 292 g/mol. The van der Waals surface area contributed by atoms with Crippen molar-refractivity contribution < 1.29 is 4.79 Å². The molecule has 0 radical (unpaired) electrons. The third kappa shape index (κ3) is 2.43. The summed E-state index contributed by atoms with van der Waals surface area (Å²) in [4.78, 5) is 19.1. The summed E-state index contributed by atoms with van der Waals surface area (Å²) in [5.74, 6) is 0.0432. The van der Waals surface area contributed by atoms with Crippen LogP contribution in [0.4, 0.5) is 0 Å². The van der Waals surface area contributed by atoms with E-state index in [9.17, 15) is 4.79 Å². The van der Waals surface area contributed by atoms with E-state index in [2.05, 4.69) is 19.7 Å². The number of piperidine rings is 1. The molecule has 1 saturated heterocycles. The SMILES string of the molecule is CCc1nnsc1C(=O)N1CCC[C@H](n2cncn2)C1. The zero-order chi connectivity index (χ0) is 13.9. The Balaban J connectivity index is 1.75. The standard InChI is InChI=1S/C12H16N6OS/c1-2-10-11(20-16-15-10)12(19)17-5-3-4-9(6-17)18-8-13-7-14-18/h7-9H,2-6H2,1H3/t9-/m0/s1. The molecule has 0 bridgehead atoms. The summed E-state index contributed by atoms with van der Waals surface area (Å²) in [5.41, 5.74) is 0.794. The number of carbonyl (C=O) groups excluding carboxylic acids is 1. The fraction of sp³-hybridized carbons (Fsp3) is 0.583. The van der Waals surface area contributed by atoms with Crippen molar-refractivity contribution in [2.24, 2.45) is 0 Å². The Bertz CT molecular complexity index is 581. The summed E-state index contributed by atoms with van der Waals surface area (Å²) in [6, 6.07) is 0.209. The quantitative estimate of drug-likeness (QED) is 0.848. The normalized spacial score (nSPS) is 19.2. The Kier molecular flexibility index (Phi) is 3.72. The van der Waals surface area contributed by atoms with Crippen LogP contribution in [0.1, 0.15) is 41.2 Å². The molecule has 1 aliphatic heterocycles. The Hall–Kier alpha value is -1.83. The van der Waals surface area contributed by atoms with Gasteiger partial charge >= 0.3 is 0 Å². The Morgan fingerprint density at radius 3 is 3.20 bits per heavy atom. The summed E-state index contributed by atoms with van der Waals surface area (Å²) < 4.78 is 5.73. The summed E-state index contributed by atoms with van der Waals surface area (Å²) in [5, 5.41) is 8.19. The van der Waals surface area contributed by atoms with Gasteiger partial charge in [-0.2, -0.15) is 5.10 Å². The van der Waals surface area contributed by atoms with Crippen molar-refractivity contribution in [2.45, 2.75) is 32.2 Å². The number of aryl methyl sites for hydroxylation is 1. The predicted octanol–water partition coefficient (Wildman–Crippen LogP) is 1.17. The highest BCUT2D eigenvalue weighted by Crippen LogP contribution is 2.23. The van der Waals surface area contributed by atoms with E-state index in [0.717, 1.165) is 31.5 Å². The molecule has 0 unspecified atom stereocenters. The third-order valence-corrected chi connectivity index (χ3v) is 4.34. The lowest BCUT2D eigenvalue weighted by molar-refractivity contribution is 0.0676. The van der Waals surface area contributed by atoms with Crippen molar-refractivity contribution in [1.82, 2.24) is 29.3 Å². The van der Waals surface area contributed by atoms with Crippen LogP contribution in [-0.2, 0) is 6.42 Å². The molecule has 0 aliphatic carbocycles. The molecule has 0 saturated carbocycles. The maximum atomic E-state index is 12.6. The maximum Gasteiger partial charge on any atom is 0.267 e. The van der Waals surface area contributed by atoms with Crippen LogP contribution in [0.5, 0.6) is 0 Å². The minimum Gasteiger partial charge on any atom is -0.336 e. The Labute approximate surface area is 120 Å². The second-order valence-corrected chi connectivity index (χ2v) is 5.58. The zero-order valence-electron chi connectivity index (χ0n) is 11.3. The monoisotopic (exact) mass is 292 g/mol. The van der Waals surface area contributed by atoms with Crippen LogP contribution in [-0.4, -0.2) is 48.2 Å². The number of carbonyl (C=O) groups is 1. The molecule has 3 rings (SSSR count). The van der Waals surface area contributed by atoms with Gasteiger partial charge in [0.1, 0.15) is 17.5 Å². The first-order valence-electron chi connectivity index (χ1n) is 6.74. The first-order chi connectivity index (χ1) is 9.79. The second kappa shape index (κ2) is 5.66. The maximum absolute atomic E-state index is 12.6. The minimum absolute atomic E-state index is 0.0432. The molecule has 1 amide bonds. The first-order valence-corrected chi connectivity index (χ1v) is 7.51. The summed E-state index contributed by atoms with van der Waals surface area (Å²) in [7, 11) is 0. The van der Waals surface area contributed by atoms with Crippen molar-refractivity contribution in [3.63, 3.8) is 0 Å². The largest absolute Gasteiger partial charge is 0.336 e. The minimum atomic E-state index is 0.0432. The lowest BCUT2D eigenvalue weighted by Crippen LogP contribution is -2.40. The number of hydrogen-bond acceptors (Lipinski definition) is 6. The van der Waals surface area contributed by atoms with Gasteiger partial charge in [0.2, 0.25) is 0 Å². The van der Waals surface area contributed by atoms with Crippen LogP contribution < -0.4 is 0 Å². The van der Waals surface area contributed by atoms with Crippen LogP contribution in [0.3, 0.4) is 0 Å². The summed E-state index contributed by atoms with van der Waals surface area (Å²) >= 11 is 1.19. The van der Waals surface area contributed by atoms with Crippen LogP contribution in [0.25, 0.3) is 0 Å². The fourth-order valence-electron chi connectivity index (χ4n) is 2.51. The molecule has 0 spiro atoms. The highest BCUT2D eigenvalue weighted by molar-refractivity contribution is 7.08. The van der Waals surface area contributed by atoms with Crippen molar-refractivity contribution in [3.05, 3.63) is 23.2 Å². The lowest BCUT2D eigenvalue weighted by Gasteiger charge is -2.32. The van der Waals surface area contributed by atoms with Gasteiger partial charge in [-0.15, -0.1) is 5.10 Å². The Morgan fingerprint density at radius 1 is 1.55 bits per heavy atom. The molecule has 8 heteroatoms. The number of hydrogen-bond donors (Lipinski definition) is 0. The van der Waals surface area contributed by atoms with E-state index in [1.165, 1.54) is 17.9 Å². The van der Waals surface area contributed by atoms with Gasteiger partial charge < -0.3 is 4.90 Å². The molecule has 7 nitrogen and oxygen atoms in total. The van der Waals surface area contributed by atoms with E-state index >= 15 is 0 Å². The van der Waals surface area contributed by atoms with Gasteiger partial charge in [-0.1, -0.05) is 11.4 Å².